The second-order valence-corrected chi connectivity index (χ2v) is 4.68. The molecule has 4 N–H and O–H groups in total. The zero-order valence-corrected chi connectivity index (χ0v) is 11.3. The number of nitrogen functional groups attached to an aromatic ring is 1. The number of aromatic amines is 1. The van der Waals surface area contributed by atoms with Gasteiger partial charge in [0.05, 0.1) is 0 Å². The van der Waals surface area contributed by atoms with Crippen molar-refractivity contribution in [3.05, 3.63) is 17.2 Å². The fourth-order valence-electron chi connectivity index (χ4n) is 1.39. The van der Waals surface area contributed by atoms with Crippen LogP contribution in [0, 0.1) is 13.8 Å². The SMILES string of the molecule is CCc1nc(NN)c(C)c(Sc2n[nH]c(C)n2)n1. The Morgan fingerprint density at radius 3 is 2.61 bits per heavy atom. The average molecular weight is 265 g/mol. The van der Waals surface area contributed by atoms with Gasteiger partial charge in [0, 0.05) is 12.0 Å². The minimum Gasteiger partial charge on any atom is -0.308 e. The van der Waals surface area contributed by atoms with E-state index >= 15 is 0 Å². The van der Waals surface area contributed by atoms with Gasteiger partial charge in [-0.15, -0.1) is 5.10 Å². The lowest BCUT2D eigenvalue weighted by atomic mass is 10.3. The Balaban J connectivity index is 2.36. The second-order valence-electron chi connectivity index (χ2n) is 3.72. The first kappa shape index (κ1) is 12.8. The third-order valence-corrected chi connectivity index (χ3v) is 3.32. The number of hydrazine groups is 1. The maximum Gasteiger partial charge on any atom is 0.214 e. The molecule has 8 heteroatoms. The standard InChI is InChI=1S/C10H15N7S/c1-4-7-13-8(15-11)5(2)9(14-7)18-10-12-6(3)16-17-10/h4,11H2,1-3H3,(H,12,16,17)(H,13,14,15). The van der Waals surface area contributed by atoms with Crippen molar-refractivity contribution in [2.45, 2.75) is 37.4 Å². The molecule has 0 saturated carbocycles. The van der Waals surface area contributed by atoms with Crippen LogP contribution in [0.5, 0.6) is 0 Å². The van der Waals surface area contributed by atoms with Gasteiger partial charge in [0.15, 0.2) is 0 Å². The highest BCUT2D eigenvalue weighted by molar-refractivity contribution is 7.99. The molecule has 0 aromatic carbocycles. The minimum atomic E-state index is 0.636. The number of H-pyrrole nitrogens is 1. The van der Waals surface area contributed by atoms with E-state index in [9.17, 15) is 0 Å². The van der Waals surface area contributed by atoms with Gasteiger partial charge in [0.2, 0.25) is 5.16 Å². The van der Waals surface area contributed by atoms with Gasteiger partial charge in [0.25, 0.3) is 0 Å². The van der Waals surface area contributed by atoms with E-state index in [4.69, 9.17) is 5.84 Å². The molecule has 0 radical (unpaired) electrons. The predicted molar refractivity (Wildman–Crippen MR) is 69.2 cm³/mol. The topological polar surface area (TPSA) is 105 Å². The molecule has 0 saturated heterocycles. The van der Waals surface area contributed by atoms with Crippen molar-refractivity contribution in [1.29, 1.82) is 0 Å². The van der Waals surface area contributed by atoms with Crippen LogP contribution in [0.15, 0.2) is 10.2 Å². The van der Waals surface area contributed by atoms with Gasteiger partial charge in [-0.25, -0.2) is 20.8 Å². The van der Waals surface area contributed by atoms with E-state index in [1.807, 2.05) is 20.8 Å². The molecule has 0 unspecified atom stereocenters. The van der Waals surface area contributed by atoms with Crippen molar-refractivity contribution in [3.8, 4) is 0 Å². The van der Waals surface area contributed by atoms with Gasteiger partial charge in [-0.2, -0.15) is 0 Å². The molecule has 96 valence electrons. The third kappa shape index (κ3) is 2.59. The van der Waals surface area contributed by atoms with Crippen LogP contribution in [0.3, 0.4) is 0 Å². The summed E-state index contributed by atoms with van der Waals surface area (Å²) >= 11 is 1.39. The fraction of sp³-hybridized carbons (Fsp3) is 0.400. The normalized spacial score (nSPS) is 10.7. The quantitative estimate of drug-likeness (QED) is 0.433. The summed E-state index contributed by atoms with van der Waals surface area (Å²) in [7, 11) is 0. The van der Waals surface area contributed by atoms with Crippen LogP contribution in [-0.2, 0) is 6.42 Å². The molecule has 2 aromatic heterocycles. The first-order valence-electron chi connectivity index (χ1n) is 5.55. The number of hydrogen-bond donors (Lipinski definition) is 3. The monoisotopic (exact) mass is 265 g/mol. The van der Waals surface area contributed by atoms with Crippen molar-refractivity contribution in [1.82, 2.24) is 25.1 Å². The van der Waals surface area contributed by atoms with Crippen LogP contribution in [-0.4, -0.2) is 25.1 Å². The van der Waals surface area contributed by atoms with Crippen molar-refractivity contribution in [3.63, 3.8) is 0 Å². The maximum absolute atomic E-state index is 5.45. The molecule has 0 aliphatic heterocycles. The van der Waals surface area contributed by atoms with E-state index in [0.717, 1.165) is 28.7 Å². The number of anilines is 1. The largest absolute Gasteiger partial charge is 0.308 e. The first-order chi connectivity index (χ1) is 8.63. The van der Waals surface area contributed by atoms with Gasteiger partial charge in [-0.3, -0.25) is 5.10 Å². The Bertz CT molecular complexity index is 551. The Hall–Kier alpha value is -1.67. The third-order valence-electron chi connectivity index (χ3n) is 2.37. The van der Waals surface area contributed by atoms with Crippen molar-refractivity contribution in [2.75, 3.05) is 5.43 Å². The highest BCUT2D eigenvalue weighted by atomic mass is 32.2. The second kappa shape index (κ2) is 5.32. The number of nitrogens with two attached hydrogens (primary N) is 1. The van der Waals surface area contributed by atoms with E-state index in [1.165, 1.54) is 11.8 Å². The van der Waals surface area contributed by atoms with Crippen molar-refractivity contribution < 1.29 is 0 Å². The van der Waals surface area contributed by atoms with Gasteiger partial charge in [-0.1, -0.05) is 6.92 Å². The van der Waals surface area contributed by atoms with E-state index in [0.29, 0.717) is 11.0 Å². The lowest BCUT2D eigenvalue weighted by Crippen LogP contribution is -2.13. The van der Waals surface area contributed by atoms with Gasteiger partial charge in [-0.05, 0) is 25.6 Å². The molecule has 0 aliphatic rings. The number of aryl methyl sites for hydroxylation is 2. The van der Waals surface area contributed by atoms with Gasteiger partial charge in [0.1, 0.15) is 22.5 Å². The molecular weight excluding hydrogens is 250 g/mol. The summed E-state index contributed by atoms with van der Waals surface area (Å²) in [6, 6.07) is 0. The molecule has 0 atom stereocenters. The molecule has 0 aliphatic carbocycles. The van der Waals surface area contributed by atoms with E-state index in [2.05, 4.69) is 30.6 Å². The molecule has 18 heavy (non-hydrogen) atoms. The van der Waals surface area contributed by atoms with Crippen LogP contribution >= 0.6 is 11.8 Å². The van der Waals surface area contributed by atoms with E-state index in [1.54, 1.807) is 0 Å². The summed E-state index contributed by atoms with van der Waals surface area (Å²) in [5, 5.41) is 8.33. The smallest absolute Gasteiger partial charge is 0.214 e. The van der Waals surface area contributed by atoms with Gasteiger partial charge < -0.3 is 5.43 Å². The molecule has 2 rings (SSSR count). The minimum absolute atomic E-state index is 0.636. The Labute approximate surface area is 109 Å². The molecule has 0 spiro atoms. The highest BCUT2D eigenvalue weighted by Crippen LogP contribution is 2.28. The summed E-state index contributed by atoms with van der Waals surface area (Å²) in [5.74, 6) is 7.60. The molecule has 2 aromatic rings. The zero-order chi connectivity index (χ0) is 13.1. The fourth-order valence-corrected chi connectivity index (χ4v) is 2.24. The van der Waals surface area contributed by atoms with Crippen LogP contribution in [0.1, 0.15) is 24.1 Å². The summed E-state index contributed by atoms with van der Waals surface area (Å²) < 4.78 is 0. The van der Waals surface area contributed by atoms with Crippen molar-refractivity contribution in [2.24, 2.45) is 5.84 Å². The van der Waals surface area contributed by atoms with E-state index < -0.39 is 0 Å². The first-order valence-corrected chi connectivity index (χ1v) is 6.36. The number of hydrogen-bond acceptors (Lipinski definition) is 7. The summed E-state index contributed by atoms with van der Waals surface area (Å²) in [6.07, 6.45) is 0.746. The average Bonchev–Trinajstić information content (AvgIpc) is 2.77. The maximum atomic E-state index is 5.45. The molecular formula is C10H15N7S. The zero-order valence-electron chi connectivity index (χ0n) is 10.5. The highest BCUT2D eigenvalue weighted by Gasteiger charge is 2.13. The molecule has 0 bridgehead atoms. The summed E-state index contributed by atoms with van der Waals surface area (Å²) in [5.41, 5.74) is 3.48. The Morgan fingerprint density at radius 2 is 2.06 bits per heavy atom. The Kier molecular flexibility index (Phi) is 3.78. The predicted octanol–water partition coefficient (Wildman–Crippen LogP) is 1.21. The summed E-state index contributed by atoms with van der Waals surface area (Å²) in [6.45, 7) is 5.76. The number of nitrogens with zero attached hydrogens (tertiary/aromatic N) is 4. The molecule has 7 nitrogen and oxygen atoms in total. The van der Waals surface area contributed by atoms with Crippen LogP contribution in [0.4, 0.5) is 5.82 Å². The van der Waals surface area contributed by atoms with Crippen LogP contribution < -0.4 is 11.3 Å². The number of rotatable bonds is 4. The lowest BCUT2D eigenvalue weighted by molar-refractivity contribution is 0.867. The van der Waals surface area contributed by atoms with E-state index in [-0.39, 0.29) is 0 Å². The van der Waals surface area contributed by atoms with Crippen LogP contribution in [0.2, 0.25) is 0 Å². The summed E-state index contributed by atoms with van der Waals surface area (Å²) in [4.78, 5) is 13.0. The number of nitrogens with one attached hydrogen (secondary N) is 2. The molecule has 2 heterocycles. The number of aromatic nitrogens is 5. The molecule has 0 amide bonds. The van der Waals surface area contributed by atoms with Gasteiger partial charge >= 0.3 is 0 Å². The van der Waals surface area contributed by atoms with Crippen molar-refractivity contribution >= 4 is 17.6 Å². The lowest BCUT2D eigenvalue weighted by Gasteiger charge is -2.09. The van der Waals surface area contributed by atoms with Crippen LogP contribution in [0.25, 0.3) is 0 Å². The Morgan fingerprint density at radius 1 is 1.28 bits per heavy atom. The molecule has 0 fully saturated rings.